The van der Waals surface area contributed by atoms with E-state index in [2.05, 4.69) is 27.2 Å². The van der Waals surface area contributed by atoms with Gasteiger partial charge in [0.05, 0.1) is 11.4 Å². The van der Waals surface area contributed by atoms with Crippen LogP contribution in [0.1, 0.15) is 36.2 Å². The van der Waals surface area contributed by atoms with Gasteiger partial charge in [-0.25, -0.2) is 20.8 Å². The summed E-state index contributed by atoms with van der Waals surface area (Å²) in [5.74, 6) is 7.48. The van der Waals surface area contributed by atoms with E-state index in [1.807, 2.05) is 31.3 Å². The molecule has 9 heteroatoms. The Balaban J connectivity index is 1.99. The van der Waals surface area contributed by atoms with Crippen molar-refractivity contribution in [2.45, 2.75) is 26.3 Å². The molecule has 0 amide bonds. The third kappa shape index (κ3) is 4.20. The van der Waals surface area contributed by atoms with Crippen LogP contribution >= 0.6 is 0 Å². The number of nitrogens with one attached hydrogen (secondary N) is 1. The number of aromatic nitrogens is 3. The van der Waals surface area contributed by atoms with Crippen molar-refractivity contribution in [2.75, 3.05) is 18.1 Å². The Bertz CT molecular complexity index is 1060. The summed E-state index contributed by atoms with van der Waals surface area (Å²) in [6.45, 7) is 4.06. The van der Waals surface area contributed by atoms with Gasteiger partial charge in [0.2, 0.25) is 0 Å². The first kappa shape index (κ1) is 20.3. The summed E-state index contributed by atoms with van der Waals surface area (Å²) in [4.78, 5) is 13.3. The minimum atomic E-state index is -0.0359. The molecule has 0 saturated carbocycles. The maximum Gasteiger partial charge on any atom is 0.133 e. The molecule has 0 aliphatic carbocycles. The molecule has 3 heterocycles. The number of nitrogen functional groups attached to an aromatic ring is 1. The zero-order valence-corrected chi connectivity index (χ0v) is 16.8. The fraction of sp³-hybridized carbons (Fsp3) is 0.250. The number of hydrazine groups is 1. The quantitative estimate of drug-likeness (QED) is 0.312. The van der Waals surface area contributed by atoms with E-state index in [9.17, 15) is 0 Å². The molecule has 3 aromatic rings. The van der Waals surface area contributed by atoms with Crippen LogP contribution in [0.15, 0.2) is 36.8 Å². The Morgan fingerprint density at radius 3 is 2.55 bits per heavy atom. The van der Waals surface area contributed by atoms with Gasteiger partial charge in [-0.15, -0.1) is 0 Å². The van der Waals surface area contributed by atoms with Crippen LogP contribution in [-0.2, 0) is 0 Å². The van der Waals surface area contributed by atoms with Crippen molar-refractivity contribution in [3.63, 3.8) is 0 Å². The normalized spacial score (nSPS) is 12.8. The lowest BCUT2D eigenvalue weighted by atomic mass is 10.0. The molecular weight excluding hydrogens is 366 g/mol. The Kier molecular flexibility index (Phi) is 5.81. The van der Waals surface area contributed by atoms with E-state index < -0.39 is 0 Å². The highest BCUT2D eigenvalue weighted by Gasteiger charge is 2.12. The molecule has 3 aromatic heterocycles. The molecule has 0 aliphatic rings. The molecule has 1 unspecified atom stereocenters. The third-order valence-electron chi connectivity index (χ3n) is 4.79. The summed E-state index contributed by atoms with van der Waals surface area (Å²) < 4.78 is 0. The first-order valence-electron chi connectivity index (χ1n) is 9.30. The molecule has 0 aliphatic heterocycles. The van der Waals surface area contributed by atoms with E-state index in [0.717, 1.165) is 28.3 Å². The lowest BCUT2D eigenvalue weighted by Gasteiger charge is -2.17. The van der Waals surface area contributed by atoms with Crippen LogP contribution in [0.4, 0.5) is 17.5 Å². The van der Waals surface area contributed by atoms with Crippen molar-refractivity contribution in [1.29, 1.82) is 0 Å². The van der Waals surface area contributed by atoms with Crippen LogP contribution in [-0.4, -0.2) is 27.0 Å². The zero-order chi connectivity index (χ0) is 21.1. The van der Waals surface area contributed by atoms with E-state index in [4.69, 9.17) is 23.0 Å². The third-order valence-corrected chi connectivity index (χ3v) is 4.79. The minimum absolute atomic E-state index is 0.0359. The number of hydrogen-bond acceptors (Lipinski definition) is 9. The summed E-state index contributed by atoms with van der Waals surface area (Å²) in [5, 5.41) is 6.21. The minimum Gasteiger partial charge on any atom is -0.403 e. The smallest absolute Gasteiger partial charge is 0.133 e. The number of nitrogens with two attached hydrogens (primary N) is 4. The van der Waals surface area contributed by atoms with Crippen molar-refractivity contribution < 1.29 is 0 Å². The highest BCUT2D eigenvalue weighted by Crippen LogP contribution is 2.27. The van der Waals surface area contributed by atoms with Gasteiger partial charge in [-0.1, -0.05) is 6.92 Å². The number of rotatable bonds is 6. The number of aryl methyl sites for hydroxylation is 1. The summed E-state index contributed by atoms with van der Waals surface area (Å²) in [7, 11) is 1.68. The molecule has 0 saturated heterocycles. The molecular formula is C20H27N9. The Morgan fingerprint density at radius 2 is 1.90 bits per heavy atom. The van der Waals surface area contributed by atoms with E-state index in [1.165, 1.54) is 11.2 Å². The Labute approximate surface area is 169 Å². The van der Waals surface area contributed by atoms with Gasteiger partial charge < -0.3 is 27.5 Å². The van der Waals surface area contributed by atoms with Gasteiger partial charge in [0.25, 0.3) is 0 Å². The van der Waals surface area contributed by atoms with Gasteiger partial charge in [-0.2, -0.15) is 0 Å². The molecule has 0 bridgehead atoms. The topological polar surface area (TPSA) is 158 Å². The van der Waals surface area contributed by atoms with Crippen molar-refractivity contribution in [3.8, 4) is 0 Å². The molecule has 9 N–H and O–H groups in total. The van der Waals surface area contributed by atoms with E-state index >= 15 is 0 Å². The SMILES string of the molecule is CCC(N)c1cc(Nc2cc3cc(/C(=C/N)N(C)N)nc(N)c3cn2)ncc1C. The average Bonchev–Trinajstić information content (AvgIpc) is 2.69. The molecule has 1 atom stereocenters. The standard InChI is InChI=1S/C20H27N9/c1-4-15(22)13-7-19(25-9-11(13)2)28-18-6-12-5-16(17(8-21)29(3)24)27-20(23)14(12)10-26-18/h5-10,15H,4,21-22,24H2,1-3H3,(H2,23,27)(H,25,26,28)/b17-8-. The fourth-order valence-corrected chi connectivity index (χ4v) is 3.12. The van der Waals surface area contributed by atoms with Gasteiger partial charge in [-0.05, 0) is 48.1 Å². The number of pyridine rings is 3. The molecule has 3 rings (SSSR count). The van der Waals surface area contributed by atoms with Gasteiger partial charge in [0.15, 0.2) is 0 Å². The Hall–Kier alpha value is -3.43. The van der Waals surface area contributed by atoms with Crippen LogP contribution in [0.25, 0.3) is 16.5 Å². The van der Waals surface area contributed by atoms with Crippen LogP contribution in [0.3, 0.4) is 0 Å². The second-order valence-corrected chi connectivity index (χ2v) is 6.91. The first-order chi connectivity index (χ1) is 13.8. The molecule has 9 nitrogen and oxygen atoms in total. The van der Waals surface area contributed by atoms with Gasteiger partial charge in [-0.3, -0.25) is 0 Å². The fourth-order valence-electron chi connectivity index (χ4n) is 3.12. The van der Waals surface area contributed by atoms with Gasteiger partial charge in [0.1, 0.15) is 17.5 Å². The van der Waals surface area contributed by atoms with Crippen LogP contribution in [0.2, 0.25) is 0 Å². The number of hydrogen-bond donors (Lipinski definition) is 5. The van der Waals surface area contributed by atoms with Crippen molar-refractivity contribution in [2.24, 2.45) is 17.3 Å². The summed E-state index contributed by atoms with van der Waals surface area (Å²) in [6, 6.07) is 5.66. The molecule has 0 radical (unpaired) electrons. The maximum atomic E-state index is 6.21. The molecule has 152 valence electrons. The van der Waals surface area contributed by atoms with Crippen molar-refractivity contribution in [1.82, 2.24) is 20.0 Å². The first-order valence-corrected chi connectivity index (χ1v) is 9.30. The van der Waals surface area contributed by atoms with Crippen LogP contribution in [0, 0.1) is 6.92 Å². The van der Waals surface area contributed by atoms with Crippen LogP contribution < -0.4 is 28.4 Å². The summed E-state index contributed by atoms with van der Waals surface area (Å²) in [6.07, 6.45) is 5.72. The van der Waals surface area contributed by atoms with Crippen molar-refractivity contribution >= 4 is 33.9 Å². The van der Waals surface area contributed by atoms with Crippen molar-refractivity contribution in [3.05, 3.63) is 53.6 Å². The second kappa shape index (κ2) is 8.29. The second-order valence-electron chi connectivity index (χ2n) is 6.91. The molecule has 0 spiro atoms. The Morgan fingerprint density at radius 1 is 1.21 bits per heavy atom. The molecule has 29 heavy (non-hydrogen) atoms. The average molecular weight is 393 g/mol. The summed E-state index contributed by atoms with van der Waals surface area (Å²) >= 11 is 0. The molecule has 0 fully saturated rings. The number of fused-ring (bicyclic) bond motifs is 1. The van der Waals surface area contributed by atoms with Gasteiger partial charge in [0, 0.05) is 37.1 Å². The van der Waals surface area contributed by atoms with E-state index in [1.54, 1.807) is 13.2 Å². The predicted molar refractivity (Wildman–Crippen MR) is 118 cm³/mol. The largest absolute Gasteiger partial charge is 0.403 e. The summed E-state index contributed by atoms with van der Waals surface area (Å²) in [5.41, 5.74) is 21.3. The van der Waals surface area contributed by atoms with Gasteiger partial charge >= 0.3 is 0 Å². The lowest BCUT2D eigenvalue weighted by molar-refractivity contribution is 0.508. The lowest BCUT2D eigenvalue weighted by Crippen LogP contribution is -2.25. The predicted octanol–water partition coefficient (Wildman–Crippen LogP) is 2.13. The zero-order valence-electron chi connectivity index (χ0n) is 16.8. The number of nitrogens with zero attached hydrogens (tertiary/aromatic N) is 4. The maximum absolute atomic E-state index is 6.21. The van der Waals surface area contributed by atoms with E-state index in [-0.39, 0.29) is 6.04 Å². The van der Waals surface area contributed by atoms with E-state index in [0.29, 0.717) is 28.8 Å². The highest BCUT2D eigenvalue weighted by atomic mass is 15.4. The molecule has 0 aromatic carbocycles. The monoisotopic (exact) mass is 393 g/mol. The highest BCUT2D eigenvalue weighted by molar-refractivity contribution is 5.93. The van der Waals surface area contributed by atoms with Crippen LogP contribution in [0.5, 0.6) is 0 Å². The number of anilines is 3.